The Kier molecular flexibility index (Phi) is 9.45. The molecule has 1 aromatic carbocycles. The van der Waals surface area contributed by atoms with Gasteiger partial charge in [0.2, 0.25) is 5.91 Å². The summed E-state index contributed by atoms with van der Waals surface area (Å²) in [7, 11) is 1.58. The van der Waals surface area contributed by atoms with Gasteiger partial charge < -0.3 is 29.1 Å². The van der Waals surface area contributed by atoms with Crippen LogP contribution in [-0.4, -0.2) is 79.0 Å². The number of nitrogens with zero attached hydrogens (tertiary/aromatic N) is 2. The van der Waals surface area contributed by atoms with Crippen LogP contribution in [0.3, 0.4) is 0 Å². The van der Waals surface area contributed by atoms with Crippen molar-refractivity contribution in [2.24, 2.45) is 11.8 Å². The van der Waals surface area contributed by atoms with Gasteiger partial charge in [0.25, 0.3) is 5.91 Å². The van der Waals surface area contributed by atoms with Crippen LogP contribution in [0.2, 0.25) is 0 Å². The fourth-order valence-electron chi connectivity index (χ4n) is 6.37. The second-order valence-corrected chi connectivity index (χ2v) is 10.4. The molecule has 9 nitrogen and oxygen atoms in total. The van der Waals surface area contributed by atoms with Gasteiger partial charge in [0.15, 0.2) is 0 Å². The number of rotatable bonds is 15. The predicted octanol–water partition coefficient (Wildman–Crippen LogP) is 3.26. The second-order valence-electron chi connectivity index (χ2n) is 10.4. The van der Waals surface area contributed by atoms with E-state index in [1.165, 1.54) is 0 Å². The summed E-state index contributed by atoms with van der Waals surface area (Å²) < 4.78 is 17.3. The molecule has 1 aromatic rings. The van der Waals surface area contributed by atoms with Crippen LogP contribution < -0.4 is 9.64 Å². The molecule has 2 bridgehead atoms. The lowest BCUT2D eigenvalue weighted by Crippen LogP contribution is -2.56. The Bertz CT molecular complexity index is 1060. The van der Waals surface area contributed by atoms with Gasteiger partial charge in [0.1, 0.15) is 17.4 Å². The second kappa shape index (κ2) is 12.8. The Morgan fingerprint density at radius 1 is 1.18 bits per heavy atom. The Hall–Kier alpha value is -3.17. The van der Waals surface area contributed by atoms with Gasteiger partial charge in [-0.1, -0.05) is 12.2 Å². The van der Waals surface area contributed by atoms with Gasteiger partial charge in [-0.3, -0.25) is 14.4 Å². The molecule has 4 rings (SSSR count). The van der Waals surface area contributed by atoms with Gasteiger partial charge in [0.05, 0.1) is 31.7 Å². The molecule has 2 unspecified atom stereocenters. The summed E-state index contributed by atoms with van der Waals surface area (Å²) in [6.07, 6.45) is 7.41. The van der Waals surface area contributed by atoms with Crippen molar-refractivity contribution in [1.29, 1.82) is 0 Å². The SMILES string of the molecule is C=CCCCOC(=O)[C@@H]1[C@H]2C(=O)N(CCCCCO)C(C(=O)N(CC=C)c3ccc(OC)cc3)C23CC[C@H]1O3. The zero-order valence-corrected chi connectivity index (χ0v) is 22.8. The van der Waals surface area contributed by atoms with Gasteiger partial charge in [-0.25, -0.2) is 0 Å². The molecular weight excluding hydrogens is 500 g/mol. The van der Waals surface area contributed by atoms with Crippen molar-refractivity contribution >= 4 is 23.5 Å². The largest absolute Gasteiger partial charge is 0.497 e. The van der Waals surface area contributed by atoms with Crippen LogP contribution in [0.1, 0.15) is 44.9 Å². The Labute approximate surface area is 230 Å². The van der Waals surface area contributed by atoms with Crippen LogP contribution in [0, 0.1) is 11.8 Å². The number of anilines is 1. The molecule has 39 heavy (non-hydrogen) atoms. The molecule has 3 saturated heterocycles. The smallest absolute Gasteiger partial charge is 0.312 e. The predicted molar refractivity (Wildman–Crippen MR) is 146 cm³/mol. The minimum absolute atomic E-state index is 0.0675. The molecule has 0 saturated carbocycles. The fourth-order valence-corrected chi connectivity index (χ4v) is 6.37. The van der Waals surface area contributed by atoms with E-state index in [0.29, 0.717) is 56.5 Å². The third-order valence-electron chi connectivity index (χ3n) is 8.12. The van der Waals surface area contributed by atoms with Gasteiger partial charge in [-0.15, -0.1) is 13.2 Å². The van der Waals surface area contributed by atoms with Gasteiger partial charge in [-0.05, 0) is 69.2 Å². The van der Waals surface area contributed by atoms with E-state index in [0.717, 1.165) is 6.42 Å². The first kappa shape index (κ1) is 28.8. The zero-order chi connectivity index (χ0) is 28.0. The summed E-state index contributed by atoms with van der Waals surface area (Å²) in [6, 6.07) is 6.28. The number of aliphatic hydroxyl groups excluding tert-OH is 1. The normalized spacial score (nSPS) is 26.8. The molecule has 3 fully saturated rings. The number of esters is 1. The quantitative estimate of drug-likeness (QED) is 0.207. The van der Waals surface area contributed by atoms with Gasteiger partial charge >= 0.3 is 5.97 Å². The third-order valence-corrected chi connectivity index (χ3v) is 8.12. The zero-order valence-electron chi connectivity index (χ0n) is 22.8. The molecule has 5 atom stereocenters. The van der Waals surface area contributed by atoms with E-state index in [-0.39, 0.29) is 31.6 Å². The Balaban J connectivity index is 1.66. The number of unbranched alkanes of at least 4 members (excludes halogenated alkanes) is 3. The summed E-state index contributed by atoms with van der Waals surface area (Å²) in [5.41, 5.74) is -0.439. The molecule has 9 heteroatoms. The average Bonchev–Trinajstić information content (AvgIpc) is 3.59. The first-order valence-electron chi connectivity index (χ1n) is 13.9. The molecular formula is C30H40N2O7. The number of benzene rings is 1. The molecule has 0 aromatic heterocycles. The molecule has 1 N–H and O–H groups in total. The van der Waals surface area contributed by atoms with Crippen LogP contribution in [-0.2, 0) is 23.9 Å². The number of carbonyl (C=O) groups excluding carboxylic acids is 3. The Morgan fingerprint density at radius 3 is 2.62 bits per heavy atom. The van der Waals surface area contributed by atoms with Crippen molar-refractivity contribution in [3.05, 3.63) is 49.6 Å². The fraction of sp³-hybridized carbons (Fsp3) is 0.567. The molecule has 3 heterocycles. The van der Waals surface area contributed by atoms with Crippen LogP contribution in [0.25, 0.3) is 0 Å². The standard InChI is InChI=1S/C30H40N2O7/c1-4-6-10-20-38-29(36)24-23-15-16-30(39-23)25(24)27(34)32(18-8-7-9-19-33)26(30)28(35)31(17-5-2)21-11-13-22(37-3)14-12-21/h4-5,11-14,23-26,33H,1-2,6-10,15-20H2,3H3/t23-,24+,25+,26?,30?/m1/s1. The first-order valence-corrected chi connectivity index (χ1v) is 13.9. The minimum atomic E-state index is -1.09. The summed E-state index contributed by atoms with van der Waals surface area (Å²) in [6.45, 7) is 8.43. The highest BCUT2D eigenvalue weighted by Crippen LogP contribution is 2.59. The summed E-state index contributed by atoms with van der Waals surface area (Å²) in [4.78, 5) is 44.9. The van der Waals surface area contributed by atoms with Gasteiger partial charge in [-0.2, -0.15) is 0 Å². The third kappa shape index (κ3) is 5.47. The molecule has 1 spiro atoms. The highest BCUT2D eigenvalue weighted by molar-refractivity contribution is 6.04. The van der Waals surface area contributed by atoms with Gasteiger partial charge in [0, 0.05) is 25.4 Å². The highest BCUT2D eigenvalue weighted by atomic mass is 16.6. The number of carbonyl (C=O) groups is 3. The maximum absolute atomic E-state index is 14.4. The number of amides is 2. The maximum Gasteiger partial charge on any atom is 0.312 e. The van der Waals surface area contributed by atoms with Crippen molar-refractivity contribution in [2.75, 3.05) is 38.3 Å². The lowest BCUT2D eigenvalue weighted by Gasteiger charge is -2.36. The minimum Gasteiger partial charge on any atom is -0.497 e. The molecule has 212 valence electrons. The number of hydrogen-bond donors (Lipinski definition) is 1. The Morgan fingerprint density at radius 2 is 1.95 bits per heavy atom. The highest BCUT2D eigenvalue weighted by Gasteiger charge is 2.75. The van der Waals surface area contributed by atoms with Crippen molar-refractivity contribution < 1.29 is 33.7 Å². The number of aliphatic hydroxyl groups is 1. The number of likely N-dealkylation sites (tertiary alicyclic amines) is 1. The number of ether oxygens (including phenoxy) is 3. The van der Waals surface area contributed by atoms with Crippen molar-refractivity contribution in [1.82, 2.24) is 4.90 Å². The lowest BCUT2D eigenvalue weighted by molar-refractivity contribution is -0.155. The number of hydrogen-bond acceptors (Lipinski definition) is 7. The van der Waals surface area contributed by atoms with E-state index in [4.69, 9.17) is 14.2 Å². The number of allylic oxidation sites excluding steroid dienone is 1. The first-order chi connectivity index (χ1) is 18.9. The molecule has 3 aliphatic heterocycles. The van der Waals surface area contributed by atoms with E-state index < -0.39 is 35.6 Å². The molecule has 3 aliphatic rings. The van der Waals surface area contributed by atoms with Crippen molar-refractivity contribution in [3.63, 3.8) is 0 Å². The van der Waals surface area contributed by atoms with E-state index >= 15 is 0 Å². The average molecular weight is 541 g/mol. The van der Waals surface area contributed by atoms with Crippen molar-refractivity contribution in [2.45, 2.75) is 62.7 Å². The summed E-state index contributed by atoms with van der Waals surface area (Å²) in [5, 5.41) is 9.23. The van der Waals surface area contributed by atoms with E-state index in [1.807, 2.05) is 0 Å². The monoisotopic (exact) mass is 540 g/mol. The number of methoxy groups -OCH3 is 1. The van der Waals surface area contributed by atoms with Crippen LogP contribution in [0.15, 0.2) is 49.6 Å². The molecule has 2 amide bonds. The lowest BCUT2D eigenvalue weighted by atomic mass is 9.70. The number of fused-ring (bicyclic) bond motifs is 1. The maximum atomic E-state index is 14.4. The van der Waals surface area contributed by atoms with E-state index in [2.05, 4.69) is 13.2 Å². The summed E-state index contributed by atoms with van der Waals surface area (Å²) >= 11 is 0. The van der Waals surface area contributed by atoms with E-state index in [1.54, 1.807) is 53.3 Å². The summed E-state index contributed by atoms with van der Waals surface area (Å²) in [5.74, 6) is -1.77. The van der Waals surface area contributed by atoms with Crippen LogP contribution in [0.4, 0.5) is 5.69 Å². The molecule has 0 aliphatic carbocycles. The van der Waals surface area contributed by atoms with Crippen LogP contribution >= 0.6 is 0 Å². The topological polar surface area (TPSA) is 106 Å². The van der Waals surface area contributed by atoms with Crippen molar-refractivity contribution in [3.8, 4) is 5.75 Å². The van der Waals surface area contributed by atoms with Crippen LogP contribution in [0.5, 0.6) is 5.75 Å². The molecule has 0 radical (unpaired) electrons. The van der Waals surface area contributed by atoms with E-state index in [9.17, 15) is 19.5 Å².